The van der Waals surface area contributed by atoms with Crippen molar-refractivity contribution in [2.45, 2.75) is 0 Å². The number of fused-ring (bicyclic) bond motifs is 5. The molecule has 0 aliphatic heterocycles. The van der Waals surface area contributed by atoms with Gasteiger partial charge in [0.1, 0.15) is 0 Å². The van der Waals surface area contributed by atoms with Crippen LogP contribution in [0.4, 0.5) is 0 Å². The first-order valence-corrected chi connectivity index (χ1v) is 15.0. The van der Waals surface area contributed by atoms with Crippen molar-refractivity contribution in [3.63, 3.8) is 0 Å². The Kier molecular flexibility index (Phi) is 6.01. The fraction of sp³-hybridized carbons (Fsp3) is 0. The molecule has 8 rings (SSSR count). The molecule has 0 saturated carbocycles. The van der Waals surface area contributed by atoms with E-state index in [-0.39, 0.29) is 0 Å². The lowest BCUT2D eigenvalue weighted by atomic mass is 9.98. The van der Waals surface area contributed by atoms with Crippen LogP contribution in [0.15, 0.2) is 162 Å². The number of hydrogen-bond donors (Lipinski definition) is 0. The van der Waals surface area contributed by atoms with Gasteiger partial charge in [-0.25, -0.2) is 0 Å². The minimum absolute atomic E-state index is 1.09. The van der Waals surface area contributed by atoms with Gasteiger partial charge in [0.05, 0.1) is 11.0 Å². The van der Waals surface area contributed by atoms with Gasteiger partial charge in [-0.2, -0.15) is 0 Å². The molecule has 1 nitrogen and oxygen atoms in total. The van der Waals surface area contributed by atoms with Gasteiger partial charge in [0.2, 0.25) is 0 Å². The zero-order valence-electron chi connectivity index (χ0n) is 22.8. The third-order valence-corrected chi connectivity index (χ3v) is 8.79. The van der Waals surface area contributed by atoms with Gasteiger partial charge in [0, 0.05) is 26.3 Å². The van der Waals surface area contributed by atoms with Crippen LogP contribution < -0.4 is 0 Å². The molecule has 1 aromatic heterocycles. The van der Waals surface area contributed by atoms with E-state index in [4.69, 9.17) is 0 Å². The average molecular weight is 601 g/mol. The third-order valence-electron chi connectivity index (χ3n) is 8.26. The molecule has 0 atom stereocenters. The van der Waals surface area contributed by atoms with Crippen molar-refractivity contribution < 1.29 is 0 Å². The molecule has 0 N–H and O–H groups in total. The Labute approximate surface area is 253 Å². The fourth-order valence-electron chi connectivity index (χ4n) is 6.18. The van der Waals surface area contributed by atoms with Crippen LogP contribution in [0.5, 0.6) is 0 Å². The topological polar surface area (TPSA) is 4.93 Å². The van der Waals surface area contributed by atoms with E-state index in [0.717, 1.165) is 10.2 Å². The molecule has 2 heteroatoms. The summed E-state index contributed by atoms with van der Waals surface area (Å²) in [5.41, 5.74) is 10.9. The van der Waals surface area contributed by atoms with E-state index >= 15 is 0 Å². The summed E-state index contributed by atoms with van der Waals surface area (Å²) in [7, 11) is 0. The van der Waals surface area contributed by atoms with Crippen LogP contribution >= 0.6 is 15.9 Å². The van der Waals surface area contributed by atoms with Crippen LogP contribution in [0.3, 0.4) is 0 Å². The Morgan fingerprint density at radius 3 is 1.79 bits per heavy atom. The van der Waals surface area contributed by atoms with Crippen LogP contribution in [-0.4, -0.2) is 4.57 Å². The predicted molar refractivity (Wildman–Crippen MR) is 182 cm³/mol. The summed E-state index contributed by atoms with van der Waals surface area (Å²) in [5, 5.41) is 5.03. The smallest absolute Gasteiger partial charge is 0.0619 e. The van der Waals surface area contributed by atoms with Gasteiger partial charge in [0.15, 0.2) is 0 Å². The van der Waals surface area contributed by atoms with Crippen LogP contribution in [-0.2, 0) is 0 Å². The molecule has 0 bridgehead atoms. The lowest BCUT2D eigenvalue weighted by molar-refractivity contribution is 1.19. The van der Waals surface area contributed by atoms with Crippen molar-refractivity contribution in [2.24, 2.45) is 0 Å². The molecular weight excluding hydrogens is 574 g/mol. The van der Waals surface area contributed by atoms with E-state index in [1.165, 1.54) is 66.0 Å². The lowest BCUT2D eigenvalue weighted by Crippen LogP contribution is -1.94. The molecule has 0 amide bonds. The Morgan fingerprint density at radius 2 is 0.976 bits per heavy atom. The van der Waals surface area contributed by atoms with Crippen molar-refractivity contribution >= 4 is 48.5 Å². The van der Waals surface area contributed by atoms with Gasteiger partial charge in [0.25, 0.3) is 0 Å². The molecule has 42 heavy (non-hydrogen) atoms. The standard InChI is InChI=1S/C40H26BrN/c41-34-19-13-29(14-20-34)31-10-6-11-32(25-31)33-18-24-39-38(26-33)37-23-17-30-9-4-5-12-36(30)40(37)42(39)35-21-15-28(16-22-35)27-7-2-1-3-8-27/h1-26H. The van der Waals surface area contributed by atoms with Gasteiger partial charge in [-0.15, -0.1) is 0 Å². The summed E-state index contributed by atoms with van der Waals surface area (Å²) in [6, 6.07) is 57.0. The van der Waals surface area contributed by atoms with Crippen molar-refractivity contribution in [1.82, 2.24) is 4.57 Å². The van der Waals surface area contributed by atoms with E-state index in [1.807, 2.05) is 0 Å². The Morgan fingerprint density at radius 1 is 0.381 bits per heavy atom. The van der Waals surface area contributed by atoms with Gasteiger partial charge in [-0.1, -0.05) is 131 Å². The predicted octanol–water partition coefficient (Wildman–Crippen LogP) is 11.7. The van der Waals surface area contributed by atoms with Crippen molar-refractivity contribution in [1.29, 1.82) is 0 Å². The van der Waals surface area contributed by atoms with Gasteiger partial charge in [-0.05, 0) is 81.2 Å². The molecule has 0 aliphatic rings. The highest BCUT2D eigenvalue weighted by molar-refractivity contribution is 9.10. The molecule has 0 aliphatic carbocycles. The maximum absolute atomic E-state index is 3.56. The lowest BCUT2D eigenvalue weighted by Gasteiger charge is -2.11. The molecule has 1 heterocycles. The summed E-state index contributed by atoms with van der Waals surface area (Å²) in [5.74, 6) is 0. The normalized spacial score (nSPS) is 11.5. The van der Waals surface area contributed by atoms with E-state index in [0.29, 0.717) is 0 Å². The minimum atomic E-state index is 1.09. The van der Waals surface area contributed by atoms with Crippen LogP contribution in [0.1, 0.15) is 0 Å². The minimum Gasteiger partial charge on any atom is -0.309 e. The van der Waals surface area contributed by atoms with Crippen molar-refractivity contribution in [2.75, 3.05) is 0 Å². The SMILES string of the molecule is Brc1ccc(-c2cccc(-c3ccc4c(c3)c3ccc5ccccc5c3n4-c3ccc(-c4ccccc4)cc3)c2)cc1. The first-order chi connectivity index (χ1) is 20.7. The average Bonchev–Trinajstić information content (AvgIpc) is 3.40. The second-order valence-electron chi connectivity index (χ2n) is 10.8. The van der Waals surface area contributed by atoms with Crippen LogP contribution in [0, 0.1) is 0 Å². The monoisotopic (exact) mass is 599 g/mol. The second-order valence-corrected chi connectivity index (χ2v) is 11.7. The number of aromatic nitrogens is 1. The van der Waals surface area contributed by atoms with Crippen LogP contribution in [0.25, 0.3) is 71.6 Å². The Bertz CT molecular complexity index is 2220. The summed E-state index contributed by atoms with van der Waals surface area (Å²) in [6.45, 7) is 0. The Balaban J connectivity index is 1.33. The highest BCUT2D eigenvalue weighted by Crippen LogP contribution is 2.39. The number of halogens is 1. The van der Waals surface area contributed by atoms with Gasteiger partial charge >= 0.3 is 0 Å². The first kappa shape index (κ1) is 24.8. The number of hydrogen-bond acceptors (Lipinski definition) is 0. The fourth-order valence-corrected chi connectivity index (χ4v) is 6.45. The van der Waals surface area contributed by atoms with Gasteiger partial charge < -0.3 is 4.57 Å². The van der Waals surface area contributed by atoms with Crippen molar-refractivity contribution in [3.05, 3.63) is 162 Å². The molecule has 0 saturated heterocycles. The number of nitrogens with zero attached hydrogens (tertiary/aromatic N) is 1. The van der Waals surface area contributed by atoms with Gasteiger partial charge in [-0.3, -0.25) is 0 Å². The summed E-state index contributed by atoms with van der Waals surface area (Å²) < 4.78 is 3.52. The molecular formula is C40H26BrN. The molecule has 7 aromatic carbocycles. The highest BCUT2D eigenvalue weighted by atomic mass is 79.9. The quantitative estimate of drug-likeness (QED) is 0.189. The first-order valence-electron chi connectivity index (χ1n) is 14.2. The second kappa shape index (κ2) is 10.2. The molecule has 8 aromatic rings. The zero-order valence-corrected chi connectivity index (χ0v) is 24.4. The highest BCUT2D eigenvalue weighted by Gasteiger charge is 2.16. The van der Waals surface area contributed by atoms with Crippen LogP contribution in [0.2, 0.25) is 0 Å². The molecule has 198 valence electrons. The largest absolute Gasteiger partial charge is 0.309 e. The summed E-state index contributed by atoms with van der Waals surface area (Å²) >= 11 is 3.56. The number of benzene rings is 7. The zero-order chi connectivity index (χ0) is 28.0. The molecule has 0 radical (unpaired) electrons. The molecule has 0 unspecified atom stereocenters. The van der Waals surface area contributed by atoms with Crippen molar-refractivity contribution in [3.8, 4) is 39.1 Å². The summed E-state index contributed by atoms with van der Waals surface area (Å²) in [4.78, 5) is 0. The molecule has 0 spiro atoms. The van der Waals surface area contributed by atoms with E-state index in [9.17, 15) is 0 Å². The maximum atomic E-state index is 3.56. The third kappa shape index (κ3) is 4.24. The molecule has 0 fully saturated rings. The summed E-state index contributed by atoms with van der Waals surface area (Å²) in [6.07, 6.45) is 0. The Hall–Kier alpha value is -4.92. The maximum Gasteiger partial charge on any atom is 0.0619 e. The van der Waals surface area contributed by atoms with E-state index < -0.39 is 0 Å². The van der Waals surface area contributed by atoms with E-state index in [2.05, 4.69) is 178 Å². The number of rotatable bonds is 4. The van der Waals surface area contributed by atoms with E-state index in [1.54, 1.807) is 0 Å².